The lowest BCUT2D eigenvalue weighted by Gasteiger charge is -2.13. The minimum Gasteiger partial charge on any atom is -0.490 e. The Bertz CT molecular complexity index is 1180. The van der Waals surface area contributed by atoms with Crippen LogP contribution in [0.25, 0.3) is 6.08 Å². The van der Waals surface area contributed by atoms with Crippen LogP contribution in [0, 0.1) is 24.1 Å². The Hall–Kier alpha value is -4.11. The fraction of sp³-hybridized carbons (Fsp3) is 0.154. The first kappa shape index (κ1) is 22.6. The first-order chi connectivity index (χ1) is 15.5. The first-order valence-electron chi connectivity index (χ1n) is 10.1. The molecule has 0 bridgehead atoms. The number of hydrogen-bond donors (Lipinski definition) is 1. The van der Waals surface area contributed by atoms with Crippen molar-refractivity contribution in [3.05, 3.63) is 94.8 Å². The van der Waals surface area contributed by atoms with Gasteiger partial charge in [-0.1, -0.05) is 36.4 Å². The van der Waals surface area contributed by atoms with Gasteiger partial charge in [-0.3, -0.25) is 4.79 Å². The monoisotopic (exact) mass is 430 g/mol. The number of halogens is 1. The quantitative estimate of drug-likeness (QED) is 0.370. The molecule has 32 heavy (non-hydrogen) atoms. The Morgan fingerprint density at radius 1 is 1.06 bits per heavy atom. The summed E-state index contributed by atoms with van der Waals surface area (Å²) < 4.78 is 25.3. The zero-order valence-corrected chi connectivity index (χ0v) is 17.9. The van der Waals surface area contributed by atoms with Crippen molar-refractivity contribution in [1.29, 1.82) is 5.26 Å². The molecule has 5 nitrogen and oxygen atoms in total. The van der Waals surface area contributed by atoms with E-state index in [1.165, 1.54) is 12.1 Å². The van der Waals surface area contributed by atoms with Crippen molar-refractivity contribution in [3.63, 3.8) is 0 Å². The molecule has 0 aliphatic heterocycles. The molecule has 0 radical (unpaired) electrons. The van der Waals surface area contributed by atoms with E-state index in [4.69, 9.17) is 9.47 Å². The number of nitrogens with one attached hydrogen (secondary N) is 1. The van der Waals surface area contributed by atoms with Gasteiger partial charge in [-0.05, 0) is 61.4 Å². The average molecular weight is 430 g/mol. The van der Waals surface area contributed by atoms with Crippen LogP contribution in [0.4, 0.5) is 10.1 Å². The minimum atomic E-state index is -0.504. The number of rotatable bonds is 8. The Kier molecular flexibility index (Phi) is 7.60. The van der Waals surface area contributed by atoms with Crippen LogP contribution in [0.15, 0.2) is 72.3 Å². The summed E-state index contributed by atoms with van der Waals surface area (Å²) in [5, 5.41) is 12.2. The summed E-state index contributed by atoms with van der Waals surface area (Å²) in [6.07, 6.45) is 1.48. The highest BCUT2D eigenvalue weighted by Crippen LogP contribution is 2.30. The van der Waals surface area contributed by atoms with Crippen LogP contribution in [0.1, 0.15) is 23.6 Å². The van der Waals surface area contributed by atoms with Crippen molar-refractivity contribution in [2.45, 2.75) is 20.5 Å². The van der Waals surface area contributed by atoms with E-state index >= 15 is 0 Å². The van der Waals surface area contributed by atoms with Crippen LogP contribution in [-0.4, -0.2) is 12.5 Å². The van der Waals surface area contributed by atoms with Crippen LogP contribution >= 0.6 is 0 Å². The highest BCUT2D eigenvalue weighted by atomic mass is 19.1. The van der Waals surface area contributed by atoms with Gasteiger partial charge in [0.2, 0.25) is 0 Å². The molecule has 1 N–H and O–H groups in total. The fourth-order valence-corrected chi connectivity index (χ4v) is 3.01. The van der Waals surface area contributed by atoms with Crippen molar-refractivity contribution in [3.8, 4) is 17.6 Å². The SMILES string of the molecule is CCOc1cc(/C=C(/C#N)C(=O)Nc2cccc(C)c2)ccc1OCc1ccccc1F. The zero-order chi connectivity index (χ0) is 22.9. The lowest BCUT2D eigenvalue weighted by Crippen LogP contribution is -2.13. The van der Waals surface area contributed by atoms with Crippen LogP contribution in [-0.2, 0) is 11.4 Å². The molecule has 0 saturated heterocycles. The molecule has 3 rings (SSSR count). The molecule has 1 amide bonds. The normalized spacial score (nSPS) is 10.9. The maximum atomic E-state index is 13.9. The number of benzene rings is 3. The van der Waals surface area contributed by atoms with Gasteiger partial charge in [0.1, 0.15) is 24.1 Å². The largest absolute Gasteiger partial charge is 0.490 e. The number of amides is 1. The summed E-state index contributed by atoms with van der Waals surface area (Å²) in [4.78, 5) is 12.5. The van der Waals surface area contributed by atoms with Crippen LogP contribution < -0.4 is 14.8 Å². The molecular weight excluding hydrogens is 407 g/mol. The molecular formula is C26H23FN2O3. The maximum absolute atomic E-state index is 13.9. The van der Waals surface area contributed by atoms with Crippen molar-refractivity contribution in [1.82, 2.24) is 0 Å². The summed E-state index contributed by atoms with van der Waals surface area (Å²) >= 11 is 0. The second-order valence-corrected chi connectivity index (χ2v) is 7.01. The number of nitriles is 1. The number of ether oxygens (including phenoxy) is 2. The van der Waals surface area contributed by atoms with E-state index in [1.807, 2.05) is 38.1 Å². The van der Waals surface area contributed by atoms with E-state index in [0.717, 1.165) is 5.56 Å². The number of anilines is 1. The molecule has 0 fully saturated rings. The number of carbonyl (C=O) groups excluding carboxylic acids is 1. The predicted molar refractivity (Wildman–Crippen MR) is 122 cm³/mol. The molecule has 0 unspecified atom stereocenters. The van der Waals surface area contributed by atoms with Gasteiger partial charge in [-0.15, -0.1) is 0 Å². The third-order valence-corrected chi connectivity index (χ3v) is 4.56. The van der Waals surface area contributed by atoms with E-state index in [2.05, 4.69) is 5.32 Å². The lowest BCUT2D eigenvalue weighted by atomic mass is 10.1. The second-order valence-electron chi connectivity index (χ2n) is 7.01. The van der Waals surface area contributed by atoms with E-state index < -0.39 is 5.91 Å². The third kappa shape index (κ3) is 5.96. The fourth-order valence-electron chi connectivity index (χ4n) is 3.01. The van der Waals surface area contributed by atoms with Crippen molar-refractivity contribution < 1.29 is 18.7 Å². The minimum absolute atomic E-state index is 0.0459. The van der Waals surface area contributed by atoms with Gasteiger partial charge in [-0.25, -0.2) is 4.39 Å². The number of nitrogens with zero attached hydrogens (tertiary/aromatic N) is 1. The summed E-state index contributed by atoms with van der Waals surface area (Å²) in [5.41, 5.74) is 2.59. The Morgan fingerprint density at radius 2 is 1.88 bits per heavy atom. The summed E-state index contributed by atoms with van der Waals surface area (Å²) in [5.74, 6) is 0.0307. The van der Waals surface area contributed by atoms with Gasteiger partial charge in [0, 0.05) is 11.3 Å². The van der Waals surface area contributed by atoms with E-state index in [1.54, 1.807) is 42.5 Å². The third-order valence-electron chi connectivity index (χ3n) is 4.56. The maximum Gasteiger partial charge on any atom is 0.266 e. The molecule has 0 aliphatic rings. The molecule has 3 aromatic rings. The molecule has 3 aromatic carbocycles. The molecule has 0 heterocycles. The van der Waals surface area contributed by atoms with Gasteiger partial charge in [0.15, 0.2) is 11.5 Å². The number of hydrogen-bond acceptors (Lipinski definition) is 4. The van der Waals surface area contributed by atoms with Crippen molar-refractivity contribution >= 4 is 17.7 Å². The topological polar surface area (TPSA) is 71.3 Å². The predicted octanol–water partition coefficient (Wildman–Crippen LogP) is 5.66. The van der Waals surface area contributed by atoms with Gasteiger partial charge in [-0.2, -0.15) is 5.26 Å². The molecule has 0 saturated carbocycles. The molecule has 6 heteroatoms. The average Bonchev–Trinajstić information content (AvgIpc) is 2.78. The number of carbonyl (C=O) groups is 1. The standard InChI is InChI=1S/C26H23FN2O3/c1-3-31-25-15-19(11-12-24(25)32-17-20-8-4-5-10-23(20)27)14-21(16-28)26(30)29-22-9-6-7-18(2)13-22/h4-15H,3,17H2,1-2H3,(H,29,30)/b21-14-. The molecule has 0 atom stereocenters. The lowest BCUT2D eigenvalue weighted by molar-refractivity contribution is -0.112. The van der Waals surface area contributed by atoms with Gasteiger partial charge in [0.25, 0.3) is 5.91 Å². The van der Waals surface area contributed by atoms with Crippen LogP contribution in [0.2, 0.25) is 0 Å². The molecule has 0 aliphatic carbocycles. The summed E-state index contributed by atoms with van der Waals surface area (Å²) in [6.45, 7) is 4.19. The van der Waals surface area contributed by atoms with Gasteiger partial charge in [0.05, 0.1) is 6.61 Å². The van der Waals surface area contributed by atoms with Crippen molar-refractivity contribution in [2.24, 2.45) is 0 Å². The van der Waals surface area contributed by atoms with E-state index in [-0.39, 0.29) is 18.0 Å². The molecule has 0 spiro atoms. The van der Waals surface area contributed by atoms with Gasteiger partial charge >= 0.3 is 0 Å². The first-order valence-corrected chi connectivity index (χ1v) is 10.1. The Balaban J connectivity index is 1.79. The molecule has 0 aromatic heterocycles. The van der Waals surface area contributed by atoms with Crippen LogP contribution in [0.5, 0.6) is 11.5 Å². The number of aryl methyl sites for hydroxylation is 1. The second kappa shape index (κ2) is 10.8. The smallest absolute Gasteiger partial charge is 0.266 e. The zero-order valence-electron chi connectivity index (χ0n) is 17.9. The van der Waals surface area contributed by atoms with Crippen LogP contribution in [0.3, 0.4) is 0 Å². The Labute approximate surface area is 186 Å². The summed E-state index contributed by atoms with van der Waals surface area (Å²) in [6, 6.07) is 20.7. The van der Waals surface area contributed by atoms with E-state index in [0.29, 0.717) is 34.9 Å². The molecule has 162 valence electrons. The Morgan fingerprint density at radius 3 is 2.59 bits per heavy atom. The van der Waals surface area contributed by atoms with Gasteiger partial charge < -0.3 is 14.8 Å². The van der Waals surface area contributed by atoms with E-state index in [9.17, 15) is 14.4 Å². The highest BCUT2D eigenvalue weighted by molar-refractivity contribution is 6.09. The summed E-state index contributed by atoms with van der Waals surface area (Å²) in [7, 11) is 0. The highest BCUT2D eigenvalue weighted by Gasteiger charge is 2.12. The van der Waals surface area contributed by atoms with Crippen molar-refractivity contribution in [2.75, 3.05) is 11.9 Å².